The van der Waals surface area contributed by atoms with E-state index in [0.29, 0.717) is 6.54 Å². The minimum atomic E-state index is -0.491. The average Bonchev–Trinajstić information content (AvgIpc) is 2.93. The number of nitrogens with zero attached hydrogens (tertiary/aromatic N) is 4. The first-order chi connectivity index (χ1) is 10.7. The van der Waals surface area contributed by atoms with Gasteiger partial charge in [-0.15, -0.1) is 0 Å². The number of hydrogen-bond donors (Lipinski definition) is 0. The van der Waals surface area contributed by atoms with E-state index in [4.69, 9.17) is 0 Å². The number of para-hydroxylation sites is 1. The van der Waals surface area contributed by atoms with Gasteiger partial charge in [0.2, 0.25) is 0 Å². The normalized spacial score (nSPS) is 11.3. The second-order valence-corrected chi connectivity index (χ2v) is 5.01. The van der Waals surface area contributed by atoms with E-state index in [2.05, 4.69) is 9.97 Å². The zero-order valence-corrected chi connectivity index (χ0v) is 11.5. The number of fused-ring (bicyclic) bond motifs is 2. The molecule has 22 heavy (non-hydrogen) atoms. The minimum absolute atomic E-state index is 0.0961. The fourth-order valence-electron chi connectivity index (χ4n) is 2.50. The molecule has 0 unspecified atom stereocenters. The molecule has 3 heterocycles. The van der Waals surface area contributed by atoms with Crippen molar-refractivity contribution in [2.75, 3.05) is 0 Å². The lowest BCUT2D eigenvalue weighted by Gasteiger charge is -2.04. The first kappa shape index (κ1) is 12.7. The number of halogens is 1. The van der Waals surface area contributed by atoms with E-state index in [1.165, 1.54) is 23.0 Å². The van der Waals surface area contributed by atoms with Crippen molar-refractivity contribution in [3.05, 3.63) is 77.0 Å². The van der Waals surface area contributed by atoms with Crippen LogP contribution < -0.4 is 5.56 Å². The van der Waals surface area contributed by atoms with Gasteiger partial charge in [-0.05, 0) is 24.3 Å². The third-order valence-electron chi connectivity index (χ3n) is 3.55. The molecule has 0 aliphatic rings. The van der Waals surface area contributed by atoms with E-state index in [1.807, 2.05) is 35.0 Å². The molecule has 0 aliphatic heterocycles. The molecule has 0 amide bonds. The van der Waals surface area contributed by atoms with Crippen LogP contribution in [0.15, 0.2) is 59.9 Å². The summed E-state index contributed by atoms with van der Waals surface area (Å²) in [6.07, 6.45) is 5.11. The molecule has 4 aromatic rings. The lowest BCUT2D eigenvalue weighted by atomic mass is 10.2. The van der Waals surface area contributed by atoms with Gasteiger partial charge in [0.05, 0.1) is 24.0 Å². The third-order valence-corrected chi connectivity index (χ3v) is 3.55. The second kappa shape index (κ2) is 4.77. The van der Waals surface area contributed by atoms with Crippen LogP contribution in [0, 0.1) is 5.82 Å². The third kappa shape index (κ3) is 1.96. The minimum Gasteiger partial charge on any atom is -0.307 e. The number of rotatable bonds is 2. The molecule has 0 atom stereocenters. The molecule has 1 aromatic carbocycles. The lowest BCUT2D eigenvalue weighted by Crippen LogP contribution is -2.21. The maximum Gasteiger partial charge on any atom is 0.261 e. The highest BCUT2D eigenvalue weighted by atomic mass is 19.1. The summed E-state index contributed by atoms with van der Waals surface area (Å²) >= 11 is 0. The van der Waals surface area contributed by atoms with Crippen LogP contribution in [-0.4, -0.2) is 18.9 Å². The molecular weight excluding hydrogens is 283 g/mol. The van der Waals surface area contributed by atoms with Gasteiger partial charge >= 0.3 is 0 Å². The summed E-state index contributed by atoms with van der Waals surface area (Å²) in [5.41, 5.74) is 1.37. The van der Waals surface area contributed by atoms with Crippen molar-refractivity contribution in [3.63, 3.8) is 0 Å². The average molecular weight is 294 g/mol. The molecule has 4 rings (SSSR count). The monoisotopic (exact) mass is 294 g/mol. The SMILES string of the molecule is O=c1c2cccc(F)c2ncn1Cc1cn2ccccc2n1. The summed E-state index contributed by atoms with van der Waals surface area (Å²) in [5, 5.41) is 0.270. The Morgan fingerprint density at radius 3 is 2.91 bits per heavy atom. The highest BCUT2D eigenvalue weighted by Gasteiger charge is 2.09. The Hall–Kier alpha value is -3.02. The predicted octanol–water partition coefficient (Wildman–Crippen LogP) is 2.23. The summed E-state index contributed by atoms with van der Waals surface area (Å²) in [4.78, 5) is 20.9. The van der Waals surface area contributed by atoms with Crippen molar-refractivity contribution in [1.29, 1.82) is 0 Å². The Labute approximate surface area is 124 Å². The molecule has 0 saturated carbocycles. The van der Waals surface area contributed by atoms with Gasteiger partial charge < -0.3 is 4.40 Å². The van der Waals surface area contributed by atoms with E-state index in [1.54, 1.807) is 6.07 Å². The maximum atomic E-state index is 13.6. The quantitative estimate of drug-likeness (QED) is 0.569. The summed E-state index contributed by atoms with van der Waals surface area (Å²) in [7, 11) is 0. The Balaban J connectivity index is 1.81. The fourth-order valence-corrected chi connectivity index (χ4v) is 2.50. The van der Waals surface area contributed by atoms with E-state index < -0.39 is 5.82 Å². The van der Waals surface area contributed by atoms with Crippen molar-refractivity contribution < 1.29 is 4.39 Å². The number of pyridine rings is 1. The molecule has 0 N–H and O–H groups in total. The molecule has 3 aromatic heterocycles. The van der Waals surface area contributed by atoms with E-state index in [9.17, 15) is 9.18 Å². The van der Waals surface area contributed by atoms with Crippen LogP contribution in [-0.2, 0) is 6.54 Å². The van der Waals surface area contributed by atoms with Crippen molar-refractivity contribution in [2.24, 2.45) is 0 Å². The Bertz CT molecular complexity index is 1020. The van der Waals surface area contributed by atoms with Crippen LogP contribution in [0.1, 0.15) is 5.69 Å². The molecule has 0 radical (unpaired) electrons. The van der Waals surface area contributed by atoms with Gasteiger partial charge in [-0.25, -0.2) is 14.4 Å². The first-order valence-electron chi connectivity index (χ1n) is 6.79. The summed E-state index contributed by atoms with van der Waals surface area (Å²) in [6.45, 7) is 0.292. The van der Waals surface area contributed by atoms with E-state index >= 15 is 0 Å². The molecule has 0 saturated heterocycles. The lowest BCUT2D eigenvalue weighted by molar-refractivity contribution is 0.634. The molecule has 0 aliphatic carbocycles. The topological polar surface area (TPSA) is 52.2 Å². The van der Waals surface area contributed by atoms with Gasteiger partial charge in [-0.2, -0.15) is 0 Å². The summed E-state index contributed by atoms with van der Waals surface area (Å²) < 4.78 is 17.0. The Morgan fingerprint density at radius 1 is 1.14 bits per heavy atom. The van der Waals surface area contributed by atoms with Crippen LogP contribution in [0.5, 0.6) is 0 Å². The van der Waals surface area contributed by atoms with Crippen LogP contribution in [0.3, 0.4) is 0 Å². The van der Waals surface area contributed by atoms with Gasteiger partial charge in [-0.3, -0.25) is 9.36 Å². The number of imidazole rings is 1. The predicted molar refractivity (Wildman–Crippen MR) is 80.3 cm³/mol. The van der Waals surface area contributed by atoms with Crippen LogP contribution >= 0.6 is 0 Å². The molecular formula is C16H11FN4O. The van der Waals surface area contributed by atoms with E-state index in [0.717, 1.165) is 11.3 Å². The standard InChI is InChI=1S/C16H11FN4O/c17-13-5-3-4-12-15(13)18-10-21(16(12)22)9-11-8-20-7-2-1-6-14(20)19-11/h1-8,10H,9H2. The van der Waals surface area contributed by atoms with E-state index in [-0.39, 0.29) is 16.5 Å². The fraction of sp³-hybridized carbons (Fsp3) is 0.0625. The van der Waals surface area contributed by atoms with Crippen LogP contribution in [0.4, 0.5) is 4.39 Å². The van der Waals surface area contributed by atoms with Crippen molar-refractivity contribution in [1.82, 2.24) is 18.9 Å². The van der Waals surface area contributed by atoms with Gasteiger partial charge in [-0.1, -0.05) is 12.1 Å². The highest BCUT2D eigenvalue weighted by molar-refractivity contribution is 5.77. The Morgan fingerprint density at radius 2 is 2.05 bits per heavy atom. The van der Waals surface area contributed by atoms with Crippen LogP contribution in [0.25, 0.3) is 16.6 Å². The number of aromatic nitrogens is 4. The van der Waals surface area contributed by atoms with Gasteiger partial charge in [0.15, 0.2) is 0 Å². The molecule has 0 bridgehead atoms. The molecule has 6 heteroatoms. The second-order valence-electron chi connectivity index (χ2n) is 5.01. The molecule has 0 spiro atoms. The molecule has 5 nitrogen and oxygen atoms in total. The zero-order chi connectivity index (χ0) is 15.1. The van der Waals surface area contributed by atoms with Gasteiger partial charge in [0, 0.05) is 12.4 Å². The zero-order valence-electron chi connectivity index (χ0n) is 11.5. The molecule has 0 fully saturated rings. The maximum absolute atomic E-state index is 13.6. The van der Waals surface area contributed by atoms with Crippen molar-refractivity contribution in [3.8, 4) is 0 Å². The smallest absolute Gasteiger partial charge is 0.261 e. The van der Waals surface area contributed by atoms with Gasteiger partial charge in [0.1, 0.15) is 17.0 Å². The number of hydrogen-bond acceptors (Lipinski definition) is 3. The highest BCUT2D eigenvalue weighted by Crippen LogP contribution is 2.11. The number of benzene rings is 1. The summed E-state index contributed by atoms with van der Waals surface area (Å²) in [5.74, 6) is -0.491. The van der Waals surface area contributed by atoms with Crippen molar-refractivity contribution in [2.45, 2.75) is 6.54 Å². The largest absolute Gasteiger partial charge is 0.307 e. The Kier molecular flexibility index (Phi) is 2.75. The van der Waals surface area contributed by atoms with Gasteiger partial charge in [0.25, 0.3) is 5.56 Å². The first-order valence-corrected chi connectivity index (χ1v) is 6.79. The summed E-state index contributed by atoms with van der Waals surface area (Å²) in [6, 6.07) is 10.1. The van der Waals surface area contributed by atoms with Crippen LogP contribution in [0.2, 0.25) is 0 Å². The molecule has 108 valence electrons. The van der Waals surface area contributed by atoms with Crippen molar-refractivity contribution >= 4 is 16.6 Å².